The molecule has 0 saturated heterocycles. The fourth-order valence-corrected chi connectivity index (χ4v) is 5.81. The minimum atomic E-state index is -4.17. The Morgan fingerprint density at radius 1 is 0.951 bits per heavy atom. The molecule has 2 amide bonds. The van der Waals surface area contributed by atoms with Gasteiger partial charge in [0.2, 0.25) is 11.8 Å². The number of para-hydroxylation sites is 1. The van der Waals surface area contributed by atoms with E-state index in [1.165, 1.54) is 17.0 Å². The van der Waals surface area contributed by atoms with Crippen LogP contribution >= 0.6 is 23.2 Å². The zero-order valence-corrected chi connectivity index (χ0v) is 25.7. The molecule has 0 fully saturated rings. The molecule has 1 N–H and O–H groups in total. The predicted molar refractivity (Wildman–Crippen MR) is 163 cm³/mol. The monoisotopic (exact) mass is 619 g/mol. The lowest BCUT2D eigenvalue weighted by atomic mass is 10.1. The summed E-state index contributed by atoms with van der Waals surface area (Å²) in [6, 6.07) is 18.5. The van der Waals surface area contributed by atoms with Crippen LogP contribution in [0.15, 0.2) is 77.7 Å². The van der Waals surface area contributed by atoms with Gasteiger partial charge in [-0.2, -0.15) is 0 Å². The SMILES string of the molecule is CCCCNC(=O)[C@H](C)N(Cc1ccc(Cl)c(Cl)c1)C(=O)CN(c1ccccc1)S(=O)(=O)c1ccc(OCC)cc1. The van der Waals surface area contributed by atoms with Gasteiger partial charge in [0.25, 0.3) is 10.0 Å². The first-order valence-electron chi connectivity index (χ1n) is 13.4. The highest BCUT2D eigenvalue weighted by molar-refractivity contribution is 7.92. The zero-order valence-electron chi connectivity index (χ0n) is 23.3. The van der Waals surface area contributed by atoms with Crippen molar-refractivity contribution in [3.05, 3.63) is 88.4 Å². The number of nitrogens with one attached hydrogen (secondary N) is 1. The molecule has 220 valence electrons. The number of unbranched alkanes of at least 4 members (excludes halogenated alkanes) is 1. The van der Waals surface area contributed by atoms with E-state index in [2.05, 4.69) is 5.32 Å². The maximum Gasteiger partial charge on any atom is 0.264 e. The van der Waals surface area contributed by atoms with Gasteiger partial charge in [-0.25, -0.2) is 8.42 Å². The molecule has 0 radical (unpaired) electrons. The van der Waals surface area contributed by atoms with E-state index in [0.29, 0.717) is 40.2 Å². The van der Waals surface area contributed by atoms with Gasteiger partial charge in [-0.1, -0.05) is 60.8 Å². The van der Waals surface area contributed by atoms with Crippen molar-refractivity contribution in [2.45, 2.75) is 51.1 Å². The molecular weight excluding hydrogens is 585 g/mol. The van der Waals surface area contributed by atoms with Crippen LogP contribution in [0, 0.1) is 0 Å². The molecule has 3 aromatic rings. The van der Waals surface area contributed by atoms with Crippen molar-refractivity contribution in [1.82, 2.24) is 10.2 Å². The molecule has 3 rings (SSSR count). The van der Waals surface area contributed by atoms with Crippen LogP contribution in [0.1, 0.15) is 39.2 Å². The van der Waals surface area contributed by atoms with Gasteiger partial charge in [0, 0.05) is 13.1 Å². The summed E-state index contributed by atoms with van der Waals surface area (Å²) in [6.45, 7) is 5.86. The van der Waals surface area contributed by atoms with E-state index in [1.54, 1.807) is 67.6 Å². The van der Waals surface area contributed by atoms with Crippen molar-refractivity contribution in [3.8, 4) is 5.75 Å². The van der Waals surface area contributed by atoms with Gasteiger partial charge in [-0.05, 0) is 74.4 Å². The second kappa shape index (κ2) is 15.1. The summed E-state index contributed by atoms with van der Waals surface area (Å²) in [5.41, 5.74) is 0.950. The summed E-state index contributed by atoms with van der Waals surface area (Å²) in [6.07, 6.45) is 1.69. The minimum absolute atomic E-state index is 0.000929. The highest BCUT2D eigenvalue weighted by Crippen LogP contribution is 2.27. The number of carbonyl (C=O) groups is 2. The molecule has 0 aliphatic carbocycles. The third-order valence-corrected chi connectivity index (χ3v) is 8.91. The molecular formula is C30H35Cl2N3O5S. The van der Waals surface area contributed by atoms with E-state index >= 15 is 0 Å². The number of sulfonamides is 1. The van der Waals surface area contributed by atoms with Gasteiger partial charge >= 0.3 is 0 Å². The molecule has 0 spiro atoms. The summed E-state index contributed by atoms with van der Waals surface area (Å²) >= 11 is 12.3. The minimum Gasteiger partial charge on any atom is -0.494 e. The number of amides is 2. The number of rotatable bonds is 14. The number of halogens is 2. The lowest BCUT2D eigenvalue weighted by molar-refractivity contribution is -0.139. The van der Waals surface area contributed by atoms with Crippen molar-refractivity contribution in [1.29, 1.82) is 0 Å². The van der Waals surface area contributed by atoms with Crippen LogP contribution < -0.4 is 14.4 Å². The van der Waals surface area contributed by atoms with E-state index < -0.39 is 28.5 Å². The number of nitrogens with zero attached hydrogens (tertiary/aromatic N) is 2. The Hall–Kier alpha value is -3.27. The maximum atomic E-state index is 13.9. The third-order valence-electron chi connectivity index (χ3n) is 6.38. The van der Waals surface area contributed by atoms with E-state index in [4.69, 9.17) is 27.9 Å². The van der Waals surface area contributed by atoms with Gasteiger partial charge in [-0.15, -0.1) is 0 Å². The van der Waals surface area contributed by atoms with Crippen LogP contribution in [-0.2, 0) is 26.2 Å². The first-order valence-corrected chi connectivity index (χ1v) is 15.6. The Labute approximate surface area is 252 Å². The second-order valence-corrected chi connectivity index (χ2v) is 12.0. The lowest BCUT2D eigenvalue weighted by Gasteiger charge is -2.32. The Morgan fingerprint density at radius 2 is 1.63 bits per heavy atom. The van der Waals surface area contributed by atoms with E-state index in [1.807, 2.05) is 13.8 Å². The second-order valence-electron chi connectivity index (χ2n) is 9.34. The molecule has 0 aliphatic rings. The van der Waals surface area contributed by atoms with Crippen LogP contribution in [0.2, 0.25) is 10.0 Å². The van der Waals surface area contributed by atoms with E-state index in [9.17, 15) is 18.0 Å². The summed E-state index contributed by atoms with van der Waals surface area (Å²) in [5.74, 6) is -0.371. The Balaban J connectivity index is 1.98. The molecule has 0 unspecified atom stereocenters. The summed E-state index contributed by atoms with van der Waals surface area (Å²) in [5, 5.41) is 3.52. The van der Waals surface area contributed by atoms with E-state index in [-0.39, 0.29) is 17.3 Å². The van der Waals surface area contributed by atoms with Crippen LogP contribution in [0.5, 0.6) is 5.75 Å². The number of ether oxygens (including phenoxy) is 1. The maximum absolute atomic E-state index is 13.9. The molecule has 0 saturated carbocycles. The molecule has 1 atom stereocenters. The summed E-state index contributed by atoms with van der Waals surface area (Å²) < 4.78 is 34.3. The van der Waals surface area contributed by atoms with Gasteiger partial charge in [-0.3, -0.25) is 13.9 Å². The fourth-order valence-electron chi connectivity index (χ4n) is 4.08. The highest BCUT2D eigenvalue weighted by atomic mass is 35.5. The molecule has 0 bridgehead atoms. The number of carbonyl (C=O) groups excluding carboxylic acids is 2. The van der Waals surface area contributed by atoms with Crippen molar-refractivity contribution in [3.63, 3.8) is 0 Å². The van der Waals surface area contributed by atoms with Gasteiger partial charge in [0.15, 0.2) is 0 Å². The molecule has 11 heteroatoms. The summed E-state index contributed by atoms with van der Waals surface area (Å²) in [4.78, 5) is 28.3. The number of anilines is 1. The normalized spacial score (nSPS) is 11.9. The average Bonchev–Trinajstić information content (AvgIpc) is 2.97. The number of hydrogen-bond acceptors (Lipinski definition) is 5. The first-order chi connectivity index (χ1) is 19.6. The molecule has 0 aliphatic heterocycles. The quantitative estimate of drug-likeness (QED) is 0.226. The molecule has 0 aromatic heterocycles. The number of hydrogen-bond donors (Lipinski definition) is 1. The Kier molecular flexibility index (Phi) is 11.9. The highest BCUT2D eigenvalue weighted by Gasteiger charge is 2.32. The van der Waals surface area contributed by atoms with Crippen molar-refractivity contribution in [2.75, 3.05) is 24.0 Å². The third kappa shape index (κ3) is 8.61. The van der Waals surface area contributed by atoms with Crippen molar-refractivity contribution >= 4 is 50.7 Å². The molecule has 41 heavy (non-hydrogen) atoms. The standard InChI is InChI=1S/C30H35Cl2N3O5S/c1-4-6-18-33-30(37)22(3)34(20-23-12-17-27(31)28(32)19-23)29(36)21-35(24-10-8-7-9-11-24)41(38,39)26-15-13-25(14-16-26)40-5-2/h7-17,19,22H,4-6,18,20-21H2,1-3H3,(H,33,37)/t22-/m0/s1. The number of benzene rings is 3. The van der Waals surface area contributed by atoms with Gasteiger partial charge in [0.05, 0.1) is 27.2 Å². The average molecular weight is 621 g/mol. The smallest absolute Gasteiger partial charge is 0.264 e. The Bertz CT molecular complexity index is 1420. The van der Waals surface area contributed by atoms with Gasteiger partial charge in [0.1, 0.15) is 18.3 Å². The fraction of sp³-hybridized carbons (Fsp3) is 0.333. The van der Waals surface area contributed by atoms with Crippen LogP contribution in [0.3, 0.4) is 0 Å². The molecule has 8 nitrogen and oxygen atoms in total. The first kappa shape index (κ1) is 32.2. The Morgan fingerprint density at radius 3 is 2.24 bits per heavy atom. The largest absolute Gasteiger partial charge is 0.494 e. The van der Waals surface area contributed by atoms with Crippen molar-refractivity contribution < 1.29 is 22.7 Å². The lowest BCUT2D eigenvalue weighted by Crippen LogP contribution is -2.51. The topological polar surface area (TPSA) is 96.0 Å². The molecule has 3 aromatic carbocycles. The zero-order chi connectivity index (χ0) is 30.0. The summed E-state index contributed by atoms with van der Waals surface area (Å²) in [7, 11) is -4.17. The van der Waals surface area contributed by atoms with Crippen molar-refractivity contribution in [2.24, 2.45) is 0 Å². The van der Waals surface area contributed by atoms with Crippen LogP contribution in [0.4, 0.5) is 5.69 Å². The van der Waals surface area contributed by atoms with Gasteiger partial charge < -0.3 is 15.0 Å². The van der Waals surface area contributed by atoms with E-state index in [0.717, 1.165) is 17.1 Å². The molecule has 0 heterocycles. The van der Waals surface area contributed by atoms with Crippen LogP contribution in [0.25, 0.3) is 0 Å². The van der Waals surface area contributed by atoms with Crippen LogP contribution in [-0.4, -0.2) is 50.9 Å². The predicted octanol–water partition coefficient (Wildman–Crippen LogP) is 5.92.